The van der Waals surface area contributed by atoms with Gasteiger partial charge < -0.3 is 0 Å². The van der Waals surface area contributed by atoms with Crippen molar-refractivity contribution in [2.45, 2.75) is 6.92 Å². The third kappa shape index (κ3) is 4.63. The number of hydrazine groups is 1. The number of rotatable bonds is 2. The highest BCUT2D eigenvalue weighted by atomic mass is 127. The molecule has 0 bridgehead atoms. The molecular weight excluding hydrogens is 309 g/mol. The van der Waals surface area contributed by atoms with Gasteiger partial charge in [0.1, 0.15) is 0 Å². The lowest BCUT2D eigenvalue weighted by molar-refractivity contribution is -0.117. The highest BCUT2D eigenvalue weighted by molar-refractivity contribution is 14.1. The summed E-state index contributed by atoms with van der Waals surface area (Å²) in [5, 5.41) is 2.07. The Labute approximate surface area is 101 Å². The number of nitrogens with one attached hydrogen (secondary N) is 3. The Morgan fingerprint density at radius 3 is 2.67 bits per heavy atom. The van der Waals surface area contributed by atoms with Crippen molar-refractivity contribution in [2.75, 3.05) is 5.43 Å². The molecule has 5 nitrogen and oxygen atoms in total. The van der Waals surface area contributed by atoms with Gasteiger partial charge in [0.25, 0.3) is 0 Å². The molecule has 0 atom stereocenters. The van der Waals surface area contributed by atoms with Crippen LogP contribution in [0.5, 0.6) is 0 Å². The molecule has 0 fully saturated rings. The molecule has 0 heterocycles. The number of hydrogen-bond donors (Lipinski definition) is 3. The van der Waals surface area contributed by atoms with Gasteiger partial charge in [-0.05, 0) is 40.8 Å². The Morgan fingerprint density at radius 2 is 2.07 bits per heavy atom. The second kappa shape index (κ2) is 5.54. The number of hydrogen-bond acceptors (Lipinski definition) is 3. The molecule has 0 saturated heterocycles. The van der Waals surface area contributed by atoms with Gasteiger partial charge in [0.15, 0.2) is 0 Å². The minimum absolute atomic E-state index is 0.406. The van der Waals surface area contributed by atoms with Crippen molar-refractivity contribution >= 4 is 40.2 Å². The molecule has 1 aromatic rings. The minimum Gasteiger partial charge on any atom is -0.297 e. The molecule has 0 aromatic heterocycles. The monoisotopic (exact) mass is 319 g/mol. The molecule has 80 valence electrons. The van der Waals surface area contributed by atoms with Crippen LogP contribution in [0, 0.1) is 3.57 Å². The summed E-state index contributed by atoms with van der Waals surface area (Å²) in [7, 11) is 0. The van der Waals surface area contributed by atoms with Crippen LogP contribution in [-0.2, 0) is 4.79 Å². The van der Waals surface area contributed by atoms with E-state index in [2.05, 4.69) is 38.8 Å². The molecule has 3 N–H and O–H groups in total. The van der Waals surface area contributed by atoms with E-state index in [9.17, 15) is 9.59 Å². The summed E-state index contributed by atoms with van der Waals surface area (Å²) in [5.41, 5.74) is 5.76. The molecule has 1 rings (SSSR count). The summed E-state index contributed by atoms with van der Waals surface area (Å²) in [6.45, 7) is 1.27. The van der Waals surface area contributed by atoms with Crippen LogP contribution < -0.4 is 16.2 Å². The maximum absolute atomic E-state index is 11.0. The number of imide groups is 1. The minimum atomic E-state index is -0.582. The van der Waals surface area contributed by atoms with E-state index in [0.29, 0.717) is 0 Å². The van der Waals surface area contributed by atoms with Crippen LogP contribution in [0.2, 0.25) is 0 Å². The first kappa shape index (κ1) is 11.8. The fourth-order valence-corrected chi connectivity index (χ4v) is 1.43. The summed E-state index contributed by atoms with van der Waals surface area (Å²) >= 11 is 2.16. The van der Waals surface area contributed by atoms with Gasteiger partial charge in [0.2, 0.25) is 5.91 Å². The molecule has 0 radical (unpaired) electrons. The molecule has 0 saturated carbocycles. The number of amides is 3. The third-order valence-corrected chi connectivity index (χ3v) is 2.11. The Kier molecular flexibility index (Phi) is 4.35. The first-order valence-electron chi connectivity index (χ1n) is 4.17. The van der Waals surface area contributed by atoms with Crippen molar-refractivity contribution in [3.05, 3.63) is 27.8 Å². The van der Waals surface area contributed by atoms with Crippen LogP contribution in [0.4, 0.5) is 10.5 Å². The summed E-state index contributed by atoms with van der Waals surface area (Å²) in [4.78, 5) is 21.5. The quantitative estimate of drug-likeness (QED) is 0.571. The molecule has 15 heavy (non-hydrogen) atoms. The van der Waals surface area contributed by atoms with Gasteiger partial charge in [-0.15, -0.1) is 0 Å². The van der Waals surface area contributed by atoms with Gasteiger partial charge in [-0.25, -0.2) is 4.79 Å². The number of urea groups is 1. The summed E-state index contributed by atoms with van der Waals surface area (Å²) < 4.78 is 1.05. The van der Waals surface area contributed by atoms with Crippen LogP contribution in [0.15, 0.2) is 24.3 Å². The highest BCUT2D eigenvalue weighted by Crippen LogP contribution is 2.10. The molecule has 3 amide bonds. The molecule has 0 aliphatic rings. The Hall–Kier alpha value is -1.31. The van der Waals surface area contributed by atoms with E-state index in [1.807, 2.05) is 18.2 Å². The molecule has 6 heteroatoms. The first-order valence-corrected chi connectivity index (χ1v) is 5.25. The Balaban J connectivity index is 2.43. The molecule has 0 aliphatic carbocycles. The van der Waals surface area contributed by atoms with Crippen LogP contribution in [-0.4, -0.2) is 11.9 Å². The SMILES string of the molecule is CC(=O)NC(=O)NNc1cccc(I)c1. The number of anilines is 1. The van der Waals surface area contributed by atoms with Crippen molar-refractivity contribution in [1.82, 2.24) is 10.7 Å². The van der Waals surface area contributed by atoms with E-state index in [-0.39, 0.29) is 0 Å². The summed E-state index contributed by atoms with van der Waals surface area (Å²) in [6.07, 6.45) is 0. The number of carbonyl (C=O) groups excluding carboxylic acids is 2. The molecule has 0 aliphatic heterocycles. The van der Waals surface area contributed by atoms with Crippen LogP contribution >= 0.6 is 22.6 Å². The van der Waals surface area contributed by atoms with E-state index in [0.717, 1.165) is 9.26 Å². The molecule has 1 aromatic carbocycles. The zero-order chi connectivity index (χ0) is 11.3. The standard InChI is InChI=1S/C9H10IN3O2/c1-6(14)11-9(15)13-12-8-4-2-3-7(10)5-8/h2-5,12H,1H3,(H2,11,13,14,15). The van der Waals surface area contributed by atoms with E-state index in [1.165, 1.54) is 6.92 Å². The Morgan fingerprint density at radius 1 is 1.33 bits per heavy atom. The van der Waals surface area contributed by atoms with Gasteiger partial charge in [-0.3, -0.25) is 21.0 Å². The van der Waals surface area contributed by atoms with Crippen molar-refractivity contribution < 1.29 is 9.59 Å². The van der Waals surface area contributed by atoms with Gasteiger partial charge in [-0.1, -0.05) is 6.07 Å². The zero-order valence-corrected chi connectivity index (χ0v) is 10.2. The number of carbonyl (C=O) groups is 2. The van der Waals surface area contributed by atoms with Gasteiger partial charge in [0, 0.05) is 10.5 Å². The lowest BCUT2D eigenvalue weighted by Crippen LogP contribution is -2.41. The number of benzene rings is 1. The van der Waals surface area contributed by atoms with Crippen LogP contribution in [0.1, 0.15) is 6.92 Å². The fraction of sp³-hybridized carbons (Fsp3) is 0.111. The topological polar surface area (TPSA) is 70.2 Å². The molecule has 0 spiro atoms. The molecular formula is C9H10IN3O2. The van der Waals surface area contributed by atoms with Gasteiger partial charge in [-0.2, -0.15) is 0 Å². The zero-order valence-electron chi connectivity index (χ0n) is 8.00. The smallest absolute Gasteiger partial charge is 0.297 e. The van der Waals surface area contributed by atoms with Crippen LogP contribution in [0.25, 0.3) is 0 Å². The average molecular weight is 319 g/mol. The predicted molar refractivity (Wildman–Crippen MR) is 65.1 cm³/mol. The highest BCUT2D eigenvalue weighted by Gasteiger charge is 2.01. The normalized spacial score (nSPS) is 9.20. The fourth-order valence-electron chi connectivity index (χ4n) is 0.886. The van der Waals surface area contributed by atoms with Crippen molar-refractivity contribution in [3.63, 3.8) is 0 Å². The molecule has 0 unspecified atom stereocenters. The maximum Gasteiger partial charge on any atom is 0.340 e. The van der Waals surface area contributed by atoms with E-state index in [4.69, 9.17) is 0 Å². The predicted octanol–water partition coefficient (Wildman–Crippen LogP) is 1.46. The largest absolute Gasteiger partial charge is 0.340 e. The van der Waals surface area contributed by atoms with E-state index in [1.54, 1.807) is 6.07 Å². The summed E-state index contributed by atoms with van der Waals surface area (Å²) in [6, 6.07) is 6.86. The lowest BCUT2D eigenvalue weighted by Gasteiger charge is -2.08. The van der Waals surface area contributed by atoms with E-state index >= 15 is 0 Å². The number of halogens is 1. The lowest BCUT2D eigenvalue weighted by atomic mass is 10.3. The van der Waals surface area contributed by atoms with Crippen molar-refractivity contribution in [3.8, 4) is 0 Å². The van der Waals surface area contributed by atoms with E-state index < -0.39 is 11.9 Å². The van der Waals surface area contributed by atoms with Gasteiger partial charge in [0.05, 0.1) is 5.69 Å². The second-order valence-corrected chi connectivity index (χ2v) is 4.02. The third-order valence-electron chi connectivity index (χ3n) is 1.43. The maximum atomic E-state index is 11.0. The summed E-state index contributed by atoms with van der Waals surface area (Å²) in [5.74, 6) is -0.406. The second-order valence-electron chi connectivity index (χ2n) is 2.77. The first-order chi connectivity index (χ1) is 7.08. The van der Waals surface area contributed by atoms with Crippen molar-refractivity contribution in [2.24, 2.45) is 0 Å². The van der Waals surface area contributed by atoms with Crippen LogP contribution in [0.3, 0.4) is 0 Å². The van der Waals surface area contributed by atoms with Crippen molar-refractivity contribution in [1.29, 1.82) is 0 Å². The average Bonchev–Trinajstić information content (AvgIpc) is 2.14. The van der Waals surface area contributed by atoms with Gasteiger partial charge >= 0.3 is 6.03 Å². The Bertz CT molecular complexity index is 381.